The van der Waals surface area contributed by atoms with Crippen LogP contribution in [0.5, 0.6) is 5.75 Å². The van der Waals surface area contributed by atoms with Gasteiger partial charge in [-0.05, 0) is 43.4 Å². The third kappa shape index (κ3) is 3.01. The van der Waals surface area contributed by atoms with Crippen LogP contribution >= 0.6 is 0 Å². The maximum Gasteiger partial charge on any atom is 0.118 e. The molecule has 0 aromatic heterocycles. The van der Waals surface area contributed by atoms with E-state index in [1.807, 2.05) is 31.2 Å². The van der Waals surface area contributed by atoms with Crippen LogP contribution in [0.4, 0.5) is 0 Å². The van der Waals surface area contributed by atoms with Crippen molar-refractivity contribution in [1.29, 1.82) is 0 Å². The van der Waals surface area contributed by atoms with Gasteiger partial charge in [0.05, 0.1) is 12.7 Å². The van der Waals surface area contributed by atoms with Crippen molar-refractivity contribution in [2.45, 2.75) is 44.6 Å². The Bertz CT molecular complexity index is 348. The van der Waals surface area contributed by atoms with E-state index in [1.165, 1.54) is 31.2 Å². The first kappa shape index (κ1) is 12.4. The lowest BCUT2D eigenvalue weighted by molar-refractivity contribution is 0.00192. The molecule has 1 fully saturated rings. The average Bonchev–Trinajstić information content (AvgIpc) is 2.84. The van der Waals surface area contributed by atoms with E-state index >= 15 is 0 Å². The first-order valence-corrected chi connectivity index (χ1v) is 6.47. The smallest absolute Gasteiger partial charge is 0.118 e. The van der Waals surface area contributed by atoms with Crippen LogP contribution in [-0.2, 0) is 6.42 Å². The molecule has 0 aliphatic heterocycles. The number of ether oxygens (including phenoxy) is 1. The van der Waals surface area contributed by atoms with Crippen molar-refractivity contribution in [3.8, 4) is 5.75 Å². The molecule has 0 bridgehead atoms. The topological polar surface area (TPSA) is 29.5 Å². The monoisotopic (exact) mass is 234 g/mol. The molecule has 0 amide bonds. The Morgan fingerprint density at radius 1 is 1.24 bits per heavy atom. The molecule has 94 valence electrons. The van der Waals surface area contributed by atoms with Crippen LogP contribution in [0.25, 0.3) is 0 Å². The summed E-state index contributed by atoms with van der Waals surface area (Å²) in [6.45, 7) is 1.98. The quantitative estimate of drug-likeness (QED) is 0.867. The molecule has 0 spiro atoms. The maximum absolute atomic E-state index is 10.6. The fraction of sp³-hybridized carbons (Fsp3) is 0.600. The molecule has 17 heavy (non-hydrogen) atoms. The summed E-state index contributed by atoms with van der Waals surface area (Å²) >= 11 is 0. The zero-order valence-corrected chi connectivity index (χ0v) is 10.8. The SMILES string of the molecule is COc1ccc(CC(C)(O)C2CCCC2)cc1. The first-order valence-electron chi connectivity index (χ1n) is 6.47. The molecule has 0 saturated heterocycles. The number of benzene rings is 1. The number of rotatable bonds is 4. The van der Waals surface area contributed by atoms with Crippen molar-refractivity contribution in [2.75, 3.05) is 7.11 Å². The van der Waals surface area contributed by atoms with Gasteiger partial charge in [-0.2, -0.15) is 0 Å². The second kappa shape index (κ2) is 5.09. The van der Waals surface area contributed by atoms with Gasteiger partial charge in [0.15, 0.2) is 0 Å². The van der Waals surface area contributed by atoms with Gasteiger partial charge in [0.2, 0.25) is 0 Å². The Morgan fingerprint density at radius 3 is 2.35 bits per heavy atom. The molecule has 1 aliphatic rings. The maximum atomic E-state index is 10.6. The van der Waals surface area contributed by atoms with Gasteiger partial charge >= 0.3 is 0 Å². The van der Waals surface area contributed by atoms with Gasteiger partial charge in [0.1, 0.15) is 5.75 Å². The Balaban J connectivity index is 2.02. The van der Waals surface area contributed by atoms with Gasteiger partial charge < -0.3 is 9.84 Å². The van der Waals surface area contributed by atoms with Crippen LogP contribution in [0, 0.1) is 5.92 Å². The summed E-state index contributed by atoms with van der Waals surface area (Å²) in [4.78, 5) is 0. The van der Waals surface area contributed by atoms with Crippen LogP contribution in [0.3, 0.4) is 0 Å². The van der Waals surface area contributed by atoms with E-state index in [1.54, 1.807) is 7.11 Å². The minimum atomic E-state index is -0.564. The number of hydrogen-bond donors (Lipinski definition) is 1. The molecular weight excluding hydrogens is 212 g/mol. The summed E-state index contributed by atoms with van der Waals surface area (Å²) in [5, 5.41) is 10.6. The van der Waals surface area contributed by atoms with E-state index in [4.69, 9.17) is 4.74 Å². The predicted octanol–water partition coefficient (Wildman–Crippen LogP) is 3.18. The molecule has 1 aromatic carbocycles. The van der Waals surface area contributed by atoms with E-state index in [0.29, 0.717) is 5.92 Å². The molecule has 1 unspecified atom stereocenters. The third-order valence-corrected chi connectivity index (χ3v) is 3.96. The summed E-state index contributed by atoms with van der Waals surface area (Å²) in [6.07, 6.45) is 5.61. The molecule has 0 heterocycles. The van der Waals surface area contributed by atoms with Crippen molar-refractivity contribution in [3.05, 3.63) is 29.8 Å². The fourth-order valence-corrected chi connectivity index (χ4v) is 2.85. The Labute approximate surface area is 104 Å². The lowest BCUT2D eigenvalue weighted by Gasteiger charge is -2.30. The standard InChI is InChI=1S/C15H22O2/c1-15(16,13-5-3-4-6-13)11-12-7-9-14(17-2)10-8-12/h7-10,13,16H,3-6,11H2,1-2H3. The van der Waals surface area contributed by atoms with Gasteiger partial charge in [-0.3, -0.25) is 0 Å². The van der Waals surface area contributed by atoms with Crippen LogP contribution in [0.2, 0.25) is 0 Å². The highest BCUT2D eigenvalue weighted by Crippen LogP contribution is 2.36. The van der Waals surface area contributed by atoms with E-state index in [2.05, 4.69) is 0 Å². The molecule has 2 rings (SSSR count). The van der Waals surface area contributed by atoms with Gasteiger partial charge in [0, 0.05) is 6.42 Å². The Morgan fingerprint density at radius 2 is 1.82 bits per heavy atom. The van der Waals surface area contributed by atoms with Gasteiger partial charge in [-0.1, -0.05) is 25.0 Å². The van der Waals surface area contributed by atoms with Gasteiger partial charge in [0.25, 0.3) is 0 Å². The fourth-order valence-electron chi connectivity index (χ4n) is 2.85. The third-order valence-electron chi connectivity index (χ3n) is 3.96. The molecule has 0 radical (unpaired) electrons. The van der Waals surface area contributed by atoms with Crippen molar-refractivity contribution in [3.63, 3.8) is 0 Å². The molecule has 1 aliphatic carbocycles. The molecule has 1 atom stereocenters. The summed E-state index contributed by atoms with van der Waals surface area (Å²) in [6, 6.07) is 8.00. The zero-order valence-electron chi connectivity index (χ0n) is 10.8. The number of hydrogen-bond acceptors (Lipinski definition) is 2. The first-order chi connectivity index (χ1) is 8.12. The number of aliphatic hydroxyl groups is 1. The second-order valence-corrected chi connectivity index (χ2v) is 5.36. The van der Waals surface area contributed by atoms with Crippen LogP contribution in [-0.4, -0.2) is 17.8 Å². The minimum absolute atomic E-state index is 0.463. The molecule has 1 saturated carbocycles. The molecule has 2 heteroatoms. The van der Waals surface area contributed by atoms with E-state index in [9.17, 15) is 5.11 Å². The van der Waals surface area contributed by atoms with Crippen molar-refractivity contribution < 1.29 is 9.84 Å². The van der Waals surface area contributed by atoms with Crippen molar-refractivity contribution in [2.24, 2.45) is 5.92 Å². The van der Waals surface area contributed by atoms with E-state index in [-0.39, 0.29) is 0 Å². The van der Waals surface area contributed by atoms with Crippen LogP contribution in [0.15, 0.2) is 24.3 Å². The van der Waals surface area contributed by atoms with Gasteiger partial charge in [-0.15, -0.1) is 0 Å². The zero-order chi connectivity index (χ0) is 12.3. The van der Waals surface area contributed by atoms with E-state index < -0.39 is 5.60 Å². The summed E-state index contributed by atoms with van der Waals surface area (Å²) in [5.41, 5.74) is 0.619. The van der Waals surface area contributed by atoms with Crippen molar-refractivity contribution >= 4 is 0 Å². The molecule has 1 aromatic rings. The summed E-state index contributed by atoms with van der Waals surface area (Å²) < 4.78 is 5.14. The summed E-state index contributed by atoms with van der Waals surface area (Å²) in [7, 11) is 1.67. The van der Waals surface area contributed by atoms with Gasteiger partial charge in [-0.25, -0.2) is 0 Å². The molecule has 2 nitrogen and oxygen atoms in total. The Hall–Kier alpha value is -1.02. The summed E-state index contributed by atoms with van der Waals surface area (Å²) in [5.74, 6) is 1.33. The van der Waals surface area contributed by atoms with Crippen LogP contribution in [0.1, 0.15) is 38.2 Å². The highest BCUT2D eigenvalue weighted by molar-refractivity contribution is 5.28. The van der Waals surface area contributed by atoms with Crippen molar-refractivity contribution in [1.82, 2.24) is 0 Å². The highest BCUT2D eigenvalue weighted by Gasteiger charge is 2.33. The minimum Gasteiger partial charge on any atom is -0.497 e. The molecule has 1 N–H and O–H groups in total. The van der Waals surface area contributed by atoms with Crippen LogP contribution < -0.4 is 4.74 Å². The second-order valence-electron chi connectivity index (χ2n) is 5.36. The Kier molecular flexibility index (Phi) is 3.72. The highest BCUT2D eigenvalue weighted by atomic mass is 16.5. The average molecular weight is 234 g/mol. The lowest BCUT2D eigenvalue weighted by Crippen LogP contribution is -2.35. The predicted molar refractivity (Wildman–Crippen MR) is 69.3 cm³/mol. The molecular formula is C15H22O2. The normalized spacial score (nSPS) is 20.2. The largest absolute Gasteiger partial charge is 0.497 e. The van der Waals surface area contributed by atoms with E-state index in [0.717, 1.165) is 12.2 Å². The number of methoxy groups -OCH3 is 1. The lowest BCUT2D eigenvalue weighted by atomic mass is 9.83.